The van der Waals surface area contributed by atoms with Crippen molar-refractivity contribution < 1.29 is 14.2 Å². The summed E-state index contributed by atoms with van der Waals surface area (Å²) in [6.45, 7) is 1.15. The van der Waals surface area contributed by atoms with E-state index in [1.807, 2.05) is 24.3 Å². The van der Waals surface area contributed by atoms with Gasteiger partial charge in [0.1, 0.15) is 5.82 Å². The van der Waals surface area contributed by atoms with Crippen molar-refractivity contribution in [2.24, 2.45) is 0 Å². The van der Waals surface area contributed by atoms with Gasteiger partial charge in [-0.25, -0.2) is 4.39 Å². The van der Waals surface area contributed by atoms with Crippen LogP contribution < -0.4 is 5.32 Å². The van der Waals surface area contributed by atoms with Gasteiger partial charge in [-0.3, -0.25) is 0 Å². The van der Waals surface area contributed by atoms with E-state index in [1.165, 1.54) is 12.1 Å². The lowest BCUT2D eigenvalue weighted by Crippen LogP contribution is -2.48. The third kappa shape index (κ3) is 3.39. The Bertz CT molecular complexity index is 772. The molecule has 2 N–H and O–H groups in total. The Morgan fingerprint density at radius 3 is 2.54 bits per heavy atom. The summed E-state index contributed by atoms with van der Waals surface area (Å²) in [5.41, 5.74) is 1.25. The Kier molecular flexibility index (Phi) is 4.78. The van der Waals surface area contributed by atoms with E-state index in [0.29, 0.717) is 18.8 Å². The number of halogens is 2. The number of hydrogen-bond donors (Lipinski definition) is 2. The number of fused-ring (bicyclic) bond motifs is 2. The van der Waals surface area contributed by atoms with Crippen molar-refractivity contribution in [1.29, 1.82) is 0 Å². The van der Waals surface area contributed by atoms with Crippen molar-refractivity contribution in [3.05, 3.63) is 70.5 Å². The molecule has 26 heavy (non-hydrogen) atoms. The highest BCUT2D eigenvalue weighted by atomic mass is 35.5. The van der Waals surface area contributed by atoms with Gasteiger partial charge in [0, 0.05) is 16.1 Å². The Labute approximate surface area is 158 Å². The third-order valence-electron chi connectivity index (χ3n) is 5.86. The first kappa shape index (κ1) is 17.9. The maximum Gasteiger partial charge on any atom is 0.123 e. The van der Waals surface area contributed by atoms with Gasteiger partial charge in [0.25, 0.3) is 0 Å². The second kappa shape index (κ2) is 6.93. The summed E-state index contributed by atoms with van der Waals surface area (Å²) in [6.07, 6.45) is 2.95. The molecular weight excluding hydrogens is 353 g/mol. The van der Waals surface area contributed by atoms with Gasteiger partial charge in [0.2, 0.25) is 0 Å². The topological polar surface area (TPSA) is 41.5 Å². The molecule has 2 saturated heterocycles. The van der Waals surface area contributed by atoms with Crippen molar-refractivity contribution in [2.45, 2.75) is 49.5 Å². The van der Waals surface area contributed by atoms with Crippen LogP contribution in [0.3, 0.4) is 0 Å². The van der Waals surface area contributed by atoms with Crippen molar-refractivity contribution in [3.63, 3.8) is 0 Å². The maximum atomic E-state index is 13.5. The summed E-state index contributed by atoms with van der Waals surface area (Å²) in [5.74, 6) is -0.313. The van der Waals surface area contributed by atoms with Crippen LogP contribution in [-0.2, 0) is 11.3 Å². The van der Waals surface area contributed by atoms with E-state index in [0.717, 1.165) is 36.3 Å². The number of nitrogens with one attached hydrogen (secondary N) is 1. The molecule has 0 amide bonds. The number of rotatable bonds is 6. The van der Waals surface area contributed by atoms with Gasteiger partial charge in [-0.1, -0.05) is 35.9 Å². The standard InChI is InChI=1S/C21H23ClFNO2/c22-17-6-4-15(5-7-17)13-26-14-20-8-10-21(24-20,11-9-20)19(25)16-2-1-3-18(23)12-16/h1-7,12,19,24-25H,8-11,13-14H2/t19-,20?,21?/m1/s1. The molecule has 5 heteroatoms. The zero-order chi connectivity index (χ0) is 18.2. The number of aliphatic hydroxyl groups is 1. The molecule has 0 aliphatic carbocycles. The van der Waals surface area contributed by atoms with Gasteiger partial charge >= 0.3 is 0 Å². The zero-order valence-electron chi connectivity index (χ0n) is 14.6. The van der Waals surface area contributed by atoms with E-state index in [1.54, 1.807) is 12.1 Å². The largest absolute Gasteiger partial charge is 0.386 e. The Balaban J connectivity index is 1.39. The Hall–Kier alpha value is -1.46. The monoisotopic (exact) mass is 375 g/mol. The molecule has 0 aromatic heterocycles. The predicted octanol–water partition coefficient (Wildman–Crippen LogP) is 4.38. The fourth-order valence-corrected chi connectivity index (χ4v) is 4.54. The van der Waals surface area contributed by atoms with Crippen LogP contribution in [0.4, 0.5) is 4.39 Å². The lowest BCUT2D eigenvalue weighted by atomic mass is 9.78. The quantitative estimate of drug-likeness (QED) is 0.787. The van der Waals surface area contributed by atoms with Gasteiger partial charge < -0.3 is 15.2 Å². The number of aliphatic hydroxyl groups excluding tert-OH is 1. The predicted molar refractivity (Wildman–Crippen MR) is 99.5 cm³/mol. The molecule has 4 rings (SSSR count). The molecule has 2 heterocycles. The van der Waals surface area contributed by atoms with E-state index in [2.05, 4.69) is 5.32 Å². The molecule has 3 nitrogen and oxygen atoms in total. The van der Waals surface area contributed by atoms with Gasteiger partial charge in [-0.15, -0.1) is 0 Å². The molecule has 0 radical (unpaired) electrons. The van der Waals surface area contributed by atoms with E-state index in [-0.39, 0.29) is 16.9 Å². The molecule has 0 unspecified atom stereocenters. The molecule has 0 spiro atoms. The Morgan fingerprint density at radius 1 is 1.12 bits per heavy atom. The minimum Gasteiger partial charge on any atom is -0.386 e. The van der Waals surface area contributed by atoms with Crippen LogP contribution >= 0.6 is 11.6 Å². The molecule has 2 aliphatic heterocycles. The lowest BCUT2D eigenvalue weighted by molar-refractivity contribution is 0.0606. The van der Waals surface area contributed by atoms with Gasteiger partial charge in [-0.05, 0) is 61.1 Å². The second-order valence-electron chi connectivity index (χ2n) is 7.64. The highest BCUT2D eigenvalue weighted by Gasteiger charge is 2.57. The fraction of sp³-hybridized carbons (Fsp3) is 0.429. The van der Waals surface area contributed by atoms with Gasteiger partial charge in [0.15, 0.2) is 0 Å². The number of hydrogen-bond acceptors (Lipinski definition) is 3. The molecule has 2 aromatic carbocycles. The van der Waals surface area contributed by atoms with Gasteiger partial charge in [0.05, 0.1) is 19.3 Å². The van der Waals surface area contributed by atoms with Crippen LogP contribution in [0.1, 0.15) is 42.9 Å². The van der Waals surface area contributed by atoms with Crippen molar-refractivity contribution in [3.8, 4) is 0 Å². The maximum absolute atomic E-state index is 13.5. The van der Waals surface area contributed by atoms with Crippen molar-refractivity contribution >= 4 is 11.6 Å². The average Bonchev–Trinajstić information content (AvgIpc) is 3.20. The molecule has 2 aromatic rings. The number of benzene rings is 2. The van der Waals surface area contributed by atoms with Crippen LogP contribution in [0.2, 0.25) is 5.02 Å². The first-order valence-electron chi connectivity index (χ1n) is 9.05. The summed E-state index contributed by atoms with van der Waals surface area (Å²) in [4.78, 5) is 0. The smallest absolute Gasteiger partial charge is 0.123 e. The minimum absolute atomic E-state index is 0.0965. The normalized spacial score (nSPS) is 28.4. The van der Waals surface area contributed by atoms with Gasteiger partial charge in [-0.2, -0.15) is 0 Å². The van der Waals surface area contributed by atoms with Crippen LogP contribution in [0.15, 0.2) is 48.5 Å². The first-order chi connectivity index (χ1) is 12.5. The highest BCUT2D eigenvalue weighted by molar-refractivity contribution is 6.30. The summed E-state index contributed by atoms with van der Waals surface area (Å²) in [6, 6.07) is 13.9. The summed E-state index contributed by atoms with van der Waals surface area (Å²) >= 11 is 5.91. The molecule has 0 saturated carbocycles. The van der Waals surface area contributed by atoms with Crippen LogP contribution in [0.5, 0.6) is 0 Å². The molecule has 138 valence electrons. The molecular formula is C21H23ClFNO2. The van der Waals surface area contributed by atoms with E-state index >= 15 is 0 Å². The van der Waals surface area contributed by atoms with Crippen LogP contribution in [0, 0.1) is 5.82 Å². The fourth-order valence-electron chi connectivity index (χ4n) is 4.42. The van der Waals surface area contributed by atoms with E-state index < -0.39 is 6.10 Å². The highest BCUT2D eigenvalue weighted by Crippen LogP contribution is 2.50. The number of ether oxygens (including phenoxy) is 1. The molecule has 1 atom stereocenters. The first-order valence-corrected chi connectivity index (χ1v) is 9.43. The average molecular weight is 376 g/mol. The molecule has 2 fully saturated rings. The Morgan fingerprint density at radius 2 is 1.85 bits per heavy atom. The molecule has 2 bridgehead atoms. The summed E-state index contributed by atoms with van der Waals surface area (Å²) in [7, 11) is 0. The van der Waals surface area contributed by atoms with E-state index in [4.69, 9.17) is 16.3 Å². The summed E-state index contributed by atoms with van der Waals surface area (Å²) in [5, 5.41) is 15.3. The van der Waals surface area contributed by atoms with Crippen LogP contribution in [0.25, 0.3) is 0 Å². The van der Waals surface area contributed by atoms with Crippen molar-refractivity contribution in [2.75, 3.05) is 6.61 Å². The molecule has 2 aliphatic rings. The lowest BCUT2D eigenvalue weighted by Gasteiger charge is -2.32. The summed E-state index contributed by atoms with van der Waals surface area (Å²) < 4.78 is 19.5. The second-order valence-corrected chi connectivity index (χ2v) is 8.07. The van der Waals surface area contributed by atoms with E-state index in [9.17, 15) is 9.50 Å². The van der Waals surface area contributed by atoms with Crippen LogP contribution in [-0.4, -0.2) is 22.8 Å². The minimum atomic E-state index is -0.709. The van der Waals surface area contributed by atoms with Crippen molar-refractivity contribution in [1.82, 2.24) is 5.32 Å². The SMILES string of the molecule is O[C@H](c1cccc(F)c1)C12CCC(COCc3ccc(Cl)cc3)(CC1)N2. The zero-order valence-corrected chi connectivity index (χ0v) is 15.3. The third-order valence-corrected chi connectivity index (χ3v) is 6.11.